The predicted molar refractivity (Wildman–Crippen MR) is 88.9 cm³/mol. The molecule has 1 saturated heterocycles. The molecule has 5 aliphatic rings. The van der Waals surface area contributed by atoms with Gasteiger partial charge in [-0.15, -0.1) is 0 Å². The van der Waals surface area contributed by atoms with E-state index in [0.29, 0.717) is 0 Å². The Morgan fingerprint density at radius 3 is 1.40 bits per heavy atom. The molecule has 25 heavy (non-hydrogen) atoms. The first kappa shape index (κ1) is 18.6. The molecule has 5 fully saturated rings. The number of carboxylic acid groups (broad SMARTS) is 2. The molecule has 5 rings (SSSR count). The predicted octanol–water partition coefficient (Wildman–Crippen LogP) is 0.834. The maximum Gasteiger partial charge on any atom is 0.335 e. The Morgan fingerprint density at radius 1 is 0.840 bits per heavy atom. The number of aliphatic hydroxyl groups is 2. The van der Waals surface area contributed by atoms with Crippen molar-refractivity contribution in [2.45, 2.75) is 64.6 Å². The van der Waals surface area contributed by atoms with Gasteiger partial charge in [0, 0.05) is 13.1 Å². The van der Waals surface area contributed by atoms with Crippen LogP contribution in [0.25, 0.3) is 0 Å². The van der Waals surface area contributed by atoms with Crippen molar-refractivity contribution in [1.29, 1.82) is 0 Å². The summed E-state index contributed by atoms with van der Waals surface area (Å²) in [6.45, 7) is 7.60. The third-order valence-corrected chi connectivity index (χ3v) is 8.04. The van der Waals surface area contributed by atoms with Gasteiger partial charge in [0.2, 0.25) is 0 Å². The van der Waals surface area contributed by atoms with E-state index < -0.39 is 24.1 Å². The molecule has 7 nitrogen and oxygen atoms in total. The largest absolute Gasteiger partial charge is 0.479 e. The number of aliphatic carboxylic acids is 2. The molecule has 0 aromatic rings. The van der Waals surface area contributed by atoms with E-state index in [1.54, 1.807) is 25.7 Å². The average molecular weight is 355 g/mol. The molecule has 4 saturated carbocycles. The third-order valence-electron chi connectivity index (χ3n) is 8.04. The molecular formula is C18H29NO6. The highest BCUT2D eigenvalue weighted by molar-refractivity contribution is 5.83. The number of hydrogen-bond donors (Lipinski definition) is 5. The van der Waals surface area contributed by atoms with Crippen LogP contribution >= 0.6 is 0 Å². The Kier molecular flexibility index (Phi) is 4.21. The monoisotopic (exact) mass is 355 g/mol. The van der Waals surface area contributed by atoms with Crippen LogP contribution in [0.15, 0.2) is 0 Å². The highest BCUT2D eigenvalue weighted by atomic mass is 16.4. The summed E-state index contributed by atoms with van der Waals surface area (Å²) in [5.74, 6) is -3.54. The highest BCUT2D eigenvalue weighted by Crippen LogP contribution is 2.88. The molecule has 2 atom stereocenters. The Hall–Kier alpha value is -1.18. The van der Waals surface area contributed by atoms with Gasteiger partial charge in [-0.2, -0.15) is 0 Å². The second kappa shape index (κ2) is 5.66. The molecule has 1 aliphatic heterocycles. The van der Waals surface area contributed by atoms with Crippen molar-refractivity contribution < 1.29 is 30.0 Å². The molecule has 0 aromatic carbocycles. The van der Waals surface area contributed by atoms with Crippen LogP contribution in [-0.2, 0) is 9.59 Å². The quantitative estimate of drug-likeness (QED) is 0.494. The van der Waals surface area contributed by atoms with Crippen LogP contribution < -0.4 is 5.32 Å². The lowest BCUT2D eigenvalue weighted by atomic mass is 9.65. The second-order valence-electron chi connectivity index (χ2n) is 8.71. The molecule has 7 heteroatoms. The van der Waals surface area contributed by atoms with Crippen LogP contribution in [0, 0.1) is 21.7 Å². The van der Waals surface area contributed by atoms with Crippen molar-refractivity contribution in [3.63, 3.8) is 0 Å². The first-order valence-corrected chi connectivity index (χ1v) is 9.15. The van der Waals surface area contributed by atoms with Crippen molar-refractivity contribution in [2.24, 2.45) is 21.7 Å². The molecule has 4 aliphatic carbocycles. The fourth-order valence-electron chi connectivity index (χ4n) is 7.03. The Bertz CT molecular complexity index is 526. The topological polar surface area (TPSA) is 127 Å². The summed E-state index contributed by atoms with van der Waals surface area (Å²) in [7, 11) is 0. The van der Waals surface area contributed by atoms with E-state index in [0.717, 1.165) is 21.7 Å². The van der Waals surface area contributed by atoms with Crippen molar-refractivity contribution in [3.8, 4) is 0 Å². The van der Waals surface area contributed by atoms with Crippen LogP contribution in [-0.4, -0.2) is 57.7 Å². The maximum absolute atomic E-state index is 9.77. The third kappa shape index (κ3) is 2.22. The van der Waals surface area contributed by atoms with Gasteiger partial charge in [0.25, 0.3) is 0 Å². The standard InChI is InChI=1S/C14H23N.C4H6O6/c1-3-11-5-13-7-12(11,4-2)8-14(13,6-11)10-15-9-13;5-1(3(7)8)2(6)4(9)10/h15H,3-10H2,1-2H3;1-2,5-6H,(H,7,8)(H,9,10). The lowest BCUT2D eigenvalue weighted by Gasteiger charge is -2.39. The number of aliphatic hydroxyl groups excluding tert-OH is 2. The zero-order chi connectivity index (χ0) is 18.7. The van der Waals surface area contributed by atoms with E-state index in [4.69, 9.17) is 20.4 Å². The van der Waals surface area contributed by atoms with Gasteiger partial charge in [0.1, 0.15) is 0 Å². The van der Waals surface area contributed by atoms with E-state index in [1.807, 2.05) is 0 Å². The number of carbonyl (C=O) groups is 2. The molecular weight excluding hydrogens is 326 g/mol. The summed E-state index contributed by atoms with van der Waals surface area (Å²) in [6, 6.07) is 0. The van der Waals surface area contributed by atoms with Crippen LogP contribution in [0.2, 0.25) is 0 Å². The summed E-state index contributed by atoms with van der Waals surface area (Å²) in [4.78, 5) is 19.5. The summed E-state index contributed by atoms with van der Waals surface area (Å²) < 4.78 is 0. The van der Waals surface area contributed by atoms with Crippen molar-refractivity contribution >= 4 is 11.9 Å². The Labute approximate surface area is 147 Å². The Morgan fingerprint density at radius 2 is 1.16 bits per heavy atom. The zero-order valence-corrected chi connectivity index (χ0v) is 14.9. The molecule has 2 unspecified atom stereocenters. The minimum absolute atomic E-state index is 0.749. The van der Waals surface area contributed by atoms with Gasteiger partial charge in [0.05, 0.1) is 0 Å². The molecule has 0 aromatic heterocycles. The normalized spacial score (nSPS) is 45.0. The summed E-state index contributed by atoms with van der Waals surface area (Å²) in [5, 5.41) is 36.2. The highest BCUT2D eigenvalue weighted by Gasteiger charge is 2.82. The minimum atomic E-state index is -2.27. The van der Waals surface area contributed by atoms with Gasteiger partial charge in [-0.05, 0) is 60.2 Å². The van der Waals surface area contributed by atoms with E-state index in [-0.39, 0.29) is 0 Å². The fraction of sp³-hybridized carbons (Fsp3) is 0.889. The summed E-state index contributed by atoms with van der Waals surface area (Å²) in [5.41, 5.74) is 3.03. The second-order valence-corrected chi connectivity index (χ2v) is 8.71. The van der Waals surface area contributed by atoms with Crippen LogP contribution in [0.1, 0.15) is 52.4 Å². The number of rotatable bonds is 5. The van der Waals surface area contributed by atoms with Gasteiger partial charge < -0.3 is 25.7 Å². The first-order chi connectivity index (χ1) is 11.6. The molecule has 142 valence electrons. The first-order valence-electron chi connectivity index (χ1n) is 9.15. The number of nitrogens with one attached hydrogen (secondary N) is 1. The van der Waals surface area contributed by atoms with Gasteiger partial charge in [0.15, 0.2) is 12.2 Å². The summed E-state index contributed by atoms with van der Waals surface area (Å²) >= 11 is 0. The van der Waals surface area contributed by atoms with E-state index in [2.05, 4.69) is 19.2 Å². The maximum atomic E-state index is 9.77. The minimum Gasteiger partial charge on any atom is -0.479 e. The molecule has 1 heterocycles. The lowest BCUT2D eigenvalue weighted by Crippen LogP contribution is -2.39. The molecule has 0 amide bonds. The van der Waals surface area contributed by atoms with Crippen LogP contribution in [0.4, 0.5) is 0 Å². The van der Waals surface area contributed by atoms with Crippen molar-refractivity contribution in [3.05, 3.63) is 0 Å². The number of hydrogen-bond acceptors (Lipinski definition) is 5. The molecule has 2 spiro atoms. The Balaban J connectivity index is 0.000000162. The van der Waals surface area contributed by atoms with Crippen LogP contribution in [0.3, 0.4) is 0 Å². The average Bonchev–Trinajstić information content (AvgIpc) is 3.25. The van der Waals surface area contributed by atoms with Gasteiger partial charge in [-0.25, -0.2) is 9.59 Å². The van der Waals surface area contributed by atoms with Gasteiger partial charge >= 0.3 is 11.9 Å². The van der Waals surface area contributed by atoms with E-state index >= 15 is 0 Å². The zero-order valence-electron chi connectivity index (χ0n) is 14.9. The number of carboxylic acids is 2. The fourth-order valence-corrected chi connectivity index (χ4v) is 7.03. The molecule has 5 N–H and O–H groups in total. The van der Waals surface area contributed by atoms with Gasteiger partial charge in [-0.3, -0.25) is 0 Å². The van der Waals surface area contributed by atoms with Crippen molar-refractivity contribution in [1.82, 2.24) is 5.32 Å². The summed E-state index contributed by atoms with van der Waals surface area (Å²) in [6.07, 6.45) is 4.63. The van der Waals surface area contributed by atoms with Gasteiger partial charge in [-0.1, -0.05) is 13.8 Å². The lowest BCUT2D eigenvalue weighted by molar-refractivity contribution is -0.165. The van der Waals surface area contributed by atoms with E-state index in [9.17, 15) is 9.59 Å². The van der Waals surface area contributed by atoms with E-state index in [1.165, 1.54) is 25.9 Å². The molecule has 0 radical (unpaired) electrons. The molecule has 4 bridgehead atoms. The SMILES string of the molecule is CCC12CC34CNCC3(C1)CC2(CC)C4.O=C(O)C(O)C(O)C(=O)O. The van der Waals surface area contributed by atoms with Crippen molar-refractivity contribution in [2.75, 3.05) is 13.1 Å². The van der Waals surface area contributed by atoms with Crippen LogP contribution in [0.5, 0.6) is 0 Å². The smallest absolute Gasteiger partial charge is 0.335 e.